The molecule has 2 atom stereocenters. The van der Waals surface area contributed by atoms with Crippen LogP contribution in [0, 0.1) is 0 Å². The average Bonchev–Trinajstić information content (AvgIpc) is 2.52. The van der Waals surface area contributed by atoms with Gasteiger partial charge in [-0.2, -0.15) is 0 Å². The van der Waals surface area contributed by atoms with Gasteiger partial charge in [0.25, 0.3) is 0 Å². The average molecular weight is 293 g/mol. The number of aliphatic hydroxyl groups is 1. The Labute approximate surface area is 127 Å². The minimum atomic E-state index is -0.653. The molecular weight excluding hydrogens is 266 g/mol. The molecule has 1 aromatic carbocycles. The maximum absolute atomic E-state index is 10.7. The van der Waals surface area contributed by atoms with E-state index < -0.39 is 6.10 Å². The van der Waals surface area contributed by atoms with Crippen LogP contribution in [-0.4, -0.2) is 48.5 Å². The van der Waals surface area contributed by atoms with E-state index in [1.165, 1.54) is 0 Å². The van der Waals surface area contributed by atoms with Gasteiger partial charge in [-0.15, -0.1) is 0 Å². The molecule has 21 heavy (non-hydrogen) atoms. The summed E-state index contributed by atoms with van der Waals surface area (Å²) in [6, 6.07) is 8.17. The summed E-state index contributed by atoms with van der Waals surface area (Å²) in [5, 5.41) is 10.7. The van der Waals surface area contributed by atoms with Crippen molar-refractivity contribution in [2.24, 2.45) is 0 Å². The minimum absolute atomic E-state index is 0.201. The van der Waals surface area contributed by atoms with Gasteiger partial charge in [0.1, 0.15) is 18.0 Å². The molecule has 0 radical (unpaired) electrons. The molecule has 4 nitrogen and oxygen atoms in total. The molecule has 0 aliphatic carbocycles. The van der Waals surface area contributed by atoms with Crippen molar-refractivity contribution in [1.82, 2.24) is 4.90 Å². The lowest BCUT2D eigenvalue weighted by atomic mass is 10.0. The van der Waals surface area contributed by atoms with Crippen LogP contribution in [0.15, 0.2) is 24.3 Å². The van der Waals surface area contributed by atoms with Crippen LogP contribution in [0.5, 0.6) is 5.75 Å². The Balaban J connectivity index is 2.10. The Morgan fingerprint density at radius 2 is 2.14 bits per heavy atom. The predicted octanol–water partition coefficient (Wildman–Crippen LogP) is 2.62. The summed E-state index contributed by atoms with van der Waals surface area (Å²) >= 11 is 0. The lowest BCUT2D eigenvalue weighted by Gasteiger charge is -2.37. The summed E-state index contributed by atoms with van der Waals surface area (Å²) in [7, 11) is 0. The zero-order valence-corrected chi connectivity index (χ0v) is 13.3. The van der Waals surface area contributed by atoms with E-state index in [1.807, 2.05) is 24.3 Å². The first-order chi connectivity index (χ1) is 10.1. The van der Waals surface area contributed by atoms with E-state index in [1.54, 1.807) is 0 Å². The number of aliphatic hydroxyl groups excluding tert-OH is 1. The maximum atomic E-state index is 10.7. The number of benzene rings is 1. The summed E-state index contributed by atoms with van der Waals surface area (Å²) in [5.74, 6) is 0.761. The molecule has 2 rings (SSSR count). The molecule has 1 fully saturated rings. The Kier molecular flexibility index (Phi) is 6.03. The minimum Gasteiger partial charge on any atom is -0.493 e. The molecule has 0 amide bonds. The van der Waals surface area contributed by atoms with Crippen LogP contribution < -0.4 is 4.74 Å². The van der Waals surface area contributed by atoms with Crippen LogP contribution in [0.25, 0.3) is 0 Å². The van der Waals surface area contributed by atoms with Gasteiger partial charge in [0, 0.05) is 24.7 Å². The Morgan fingerprint density at radius 1 is 1.38 bits per heavy atom. The molecular formula is C17H27NO3. The van der Waals surface area contributed by atoms with Crippen molar-refractivity contribution in [3.05, 3.63) is 29.8 Å². The van der Waals surface area contributed by atoms with E-state index in [2.05, 4.69) is 25.7 Å². The third-order valence-electron chi connectivity index (χ3n) is 3.91. The molecule has 1 heterocycles. The fourth-order valence-electron chi connectivity index (χ4n) is 2.63. The van der Waals surface area contributed by atoms with Crippen molar-refractivity contribution >= 4 is 0 Å². The number of nitrogens with zero attached hydrogens (tertiary/aromatic N) is 1. The summed E-state index contributed by atoms with van der Waals surface area (Å²) in [4.78, 5) is 2.34. The number of hydrogen-bond acceptors (Lipinski definition) is 4. The van der Waals surface area contributed by atoms with Crippen molar-refractivity contribution < 1.29 is 14.6 Å². The van der Waals surface area contributed by atoms with Gasteiger partial charge in [0.15, 0.2) is 0 Å². The molecule has 118 valence electrons. The number of rotatable bonds is 6. The highest BCUT2D eigenvalue weighted by molar-refractivity contribution is 5.35. The zero-order valence-electron chi connectivity index (χ0n) is 13.3. The summed E-state index contributed by atoms with van der Waals surface area (Å²) in [6.45, 7) is 9.42. The van der Waals surface area contributed by atoms with Gasteiger partial charge in [-0.1, -0.05) is 25.1 Å². The van der Waals surface area contributed by atoms with Crippen molar-refractivity contribution in [2.45, 2.75) is 45.4 Å². The quantitative estimate of drug-likeness (QED) is 0.875. The summed E-state index contributed by atoms with van der Waals surface area (Å²) in [6.07, 6.45) is 0.0954. The number of para-hydroxylation sites is 1. The first-order valence-corrected chi connectivity index (χ1v) is 7.89. The maximum Gasteiger partial charge on any atom is 0.125 e. The Morgan fingerprint density at radius 3 is 2.86 bits per heavy atom. The summed E-state index contributed by atoms with van der Waals surface area (Å²) < 4.78 is 11.5. The van der Waals surface area contributed by atoms with E-state index in [0.717, 1.165) is 30.8 Å². The smallest absolute Gasteiger partial charge is 0.125 e. The second kappa shape index (κ2) is 7.78. The van der Waals surface area contributed by atoms with Gasteiger partial charge >= 0.3 is 0 Å². The molecule has 0 spiro atoms. The van der Waals surface area contributed by atoms with Crippen molar-refractivity contribution in [3.8, 4) is 5.75 Å². The normalized spacial score (nSPS) is 21.5. The van der Waals surface area contributed by atoms with Crippen molar-refractivity contribution in [3.63, 3.8) is 0 Å². The van der Waals surface area contributed by atoms with E-state index >= 15 is 0 Å². The molecule has 2 unspecified atom stereocenters. The summed E-state index contributed by atoms with van der Waals surface area (Å²) in [5.41, 5.74) is 0.821. The van der Waals surface area contributed by atoms with Gasteiger partial charge in [0.2, 0.25) is 0 Å². The monoisotopic (exact) mass is 293 g/mol. The number of morpholine rings is 1. The van der Waals surface area contributed by atoms with Gasteiger partial charge in [0.05, 0.1) is 13.2 Å². The van der Waals surface area contributed by atoms with E-state index in [4.69, 9.17) is 9.47 Å². The SMILES string of the molecule is CCCOc1ccccc1C(O)C1CN(C(C)C)CCO1. The zero-order chi connectivity index (χ0) is 15.2. The molecule has 0 aromatic heterocycles. The fourth-order valence-corrected chi connectivity index (χ4v) is 2.63. The van der Waals surface area contributed by atoms with E-state index in [0.29, 0.717) is 19.3 Å². The highest BCUT2D eigenvalue weighted by Gasteiger charge is 2.30. The molecule has 1 N–H and O–H groups in total. The highest BCUT2D eigenvalue weighted by atomic mass is 16.5. The van der Waals surface area contributed by atoms with Crippen molar-refractivity contribution in [1.29, 1.82) is 0 Å². The van der Waals surface area contributed by atoms with Gasteiger partial charge < -0.3 is 14.6 Å². The largest absolute Gasteiger partial charge is 0.493 e. The van der Waals surface area contributed by atoms with Gasteiger partial charge in [-0.05, 0) is 26.3 Å². The van der Waals surface area contributed by atoms with Crippen LogP contribution >= 0.6 is 0 Å². The van der Waals surface area contributed by atoms with Crippen LogP contribution in [0.3, 0.4) is 0 Å². The topological polar surface area (TPSA) is 41.9 Å². The second-order valence-corrected chi connectivity index (χ2v) is 5.83. The lowest BCUT2D eigenvalue weighted by Crippen LogP contribution is -2.47. The third kappa shape index (κ3) is 4.19. The molecule has 1 aliphatic rings. The van der Waals surface area contributed by atoms with Crippen LogP contribution in [0.2, 0.25) is 0 Å². The molecule has 1 aliphatic heterocycles. The van der Waals surface area contributed by atoms with E-state index in [-0.39, 0.29) is 6.10 Å². The molecule has 0 saturated carbocycles. The highest BCUT2D eigenvalue weighted by Crippen LogP contribution is 2.30. The Bertz CT molecular complexity index is 436. The second-order valence-electron chi connectivity index (χ2n) is 5.83. The van der Waals surface area contributed by atoms with Gasteiger partial charge in [-0.25, -0.2) is 0 Å². The van der Waals surface area contributed by atoms with Crippen LogP contribution in [-0.2, 0) is 4.74 Å². The van der Waals surface area contributed by atoms with Crippen LogP contribution in [0.4, 0.5) is 0 Å². The molecule has 0 bridgehead atoms. The third-order valence-corrected chi connectivity index (χ3v) is 3.91. The van der Waals surface area contributed by atoms with Crippen LogP contribution in [0.1, 0.15) is 38.9 Å². The fraction of sp³-hybridized carbons (Fsp3) is 0.647. The first kappa shape index (κ1) is 16.3. The first-order valence-electron chi connectivity index (χ1n) is 7.89. The van der Waals surface area contributed by atoms with Gasteiger partial charge in [-0.3, -0.25) is 4.90 Å². The predicted molar refractivity (Wildman–Crippen MR) is 83.6 cm³/mol. The molecule has 1 saturated heterocycles. The number of hydrogen-bond donors (Lipinski definition) is 1. The van der Waals surface area contributed by atoms with E-state index in [9.17, 15) is 5.11 Å². The standard InChI is InChI=1S/C17H27NO3/c1-4-10-20-15-8-6-5-7-14(15)17(19)16-12-18(13(2)3)9-11-21-16/h5-8,13,16-17,19H,4,9-12H2,1-3H3. The molecule has 4 heteroatoms. The molecule has 1 aromatic rings. The van der Waals surface area contributed by atoms with Crippen molar-refractivity contribution in [2.75, 3.05) is 26.3 Å². The number of ether oxygens (including phenoxy) is 2. The lowest BCUT2D eigenvalue weighted by molar-refractivity contribution is -0.0966. The Hall–Kier alpha value is -1.10.